The molecule has 0 saturated carbocycles. The fraction of sp³-hybridized carbons (Fsp3) is 0.235. The minimum atomic E-state index is -3.77. The van der Waals surface area contributed by atoms with E-state index in [0.717, 1.165) is 10.6 Å². The number of carbonyl (C=O) groups is 1. The average Bonchev–Trinajstić information content (AvgIpc) is 2.60. The van der Waals surface area contributed by atoms with Crippen LogP contribution in [-0.4, -0.2) is 46.9 Å². The Bertz CT molecular complexity index is 1010. The number of para-hydroxylation sites is 1. The number of amides is 1. The Morgan fingerprint density at radius 3 is 2.19 bits per heavy atom. The molecular formula is C17H21N3O5S2. The van der Waals surface area contributed by atoms with Gasteiger partial charge < -0.3 is 5.32 Å². The van der Waals surface area contributed by atoms with Crippen LogP contribution in [0.4, 0.5) is 5.69 Å². The molecule has 27 heavy (non-hydrogen) atoms. The van der Waals surface area contributed by atoms with Crippen LogP contribution in [-0.2, 0) is 31.4 Å². The zero-order valence-electron chi connectivity index (χ0n) is 14.9. The number of likely N-dealkylation sites (N-methyl/N-ethyl adjacent to an activating group) is 1. The molecule has 0 aliphatic carbocycles. The van der Waals surface area contributed by atoms with Crippen molar-refractivity contribution in [1.82, 2.24) is 9.62 Å². The number of hydrogen-bond donors (Lipinski definition) is 2. The Morgan fingerprint density at radius 1 is 0.963 bits per heavy atom. The van der Waals surface area contributed by atoms with Crippen LogP contribution in [0.1, 0.15) is 5.56 Å². The smallest absolute Gasteiger partial charge is 0.243 e. The van der Waals surface area contributed by atoms with E-state index < -0.39 is 26.0 Å². The lowest BCUT2D eigenvalue weighted by Crippen LogP contribution is -2.38. The molecule has 0 fully saturated rings. The Labute approximate surface area is 159 Å². The molecule has 2 aromatic carbocycles. The van der Waals surface area contributed by atoms with Gasteiger partial charge in [-0.15, -0.1) is 0 Å². The van der Waals surface area contributed by atoms with Gasteiger partial charge in [-0.25, -0.2) is 16.8 Å². The van der Waals surface area contributed by atoms with E-state index in [1.165, 1.54) is 19.2 Å². The third-order valence-corrected chi connectivity index (χ3v) is 6.01. The lowest BCUT2D eigenvalue weighted by molar-refractivity contribution is -0.121. The van der Waals surface area contributed by atoms with Crippen molar-refractivity contribution in [2.45, 2.75) is 11.4 Å². The predicted molar refractivity (Wildman–Crippen MR) is 103 cm³/mol. The Morgan fingerprint density at radius 2 is 1.56 bits per heavy atom. The summed E-state index contributed by atoms with van der Waals surface area (Å²) in [5, 5.41) is 2.60. The molecule has 2 aromatic rings. The zero-order valence-corrected chi connectivity index (χ0v) is 16.5. The third-order valence-electron chi connectivity index (χ3n) is 3.61. The van der Waals surface area contributed by atoms with E-state index in [1.54, 1.807) is 42.5 Å². The molecule has 146 valence electrons. The van der Waals surface area contributed by atoms with Crippen molar-refractivity contribution in [2.24, 2.45) is 0 Å². The summed E-state index contributed by atoms with van der Waals surface area (Å²) >= 11 is 0. The summed E-state index contributed by atoms with van der Waals surface area (Å²) in [6, 6.07) is 14.4. The van der Waals surface area contributed by atoms with Gasteiger partial charge in [0.25, 0.3) is 0 Å². The molecule has 2 rings (SSSR count). The standard InChI is InChI=1S/C17H21N3O5S2/c1-20(27(24,25)15-9-4-3-5-10-15)13-17(21)18-12-14-8-6-7-11-16(14)19-26(2,22)23/h3-11,19H,12-13H2,1-2H3,(H,18,21). The number of hydrogen-bond acceptors (Lipinski definition) is 5. The first kappa shape index (κ1) is 20.9. The van der Waals surface area contributed by atoms with Gasteiger partial charge in [0.05, 0.1) is 23.4 Å². The number of benzene rings is 2. The Balaban J connectivity index is 2.01. The minimum Gasteiger partial charge on any atom is -0.351 e. The number of nitrogens with zero attached hydrogens (tertiary/aromatic N) is 1. The Hall–Kier alpha value is -2.43. The van der Waals surface area contributed by atoms with Crippen molar-refractivity contribution in [3.05, 3.63) is 60.2 Å². The summed E-state index contributed by atoms with van der Waals surface area (Å²) < 4.78 is 51.0. The highest BCUT2D eigenvalue weighted by molar-refractivity contribution is 7.92. The van der Waals surface area contributed by atoms with Crippen LogP contribution in [0, 0.1) is 0 Å². The van der Waals surface area contributed by atoms with E-state index in [1.807, 2.05) is 0 Å². The first-order valence-electron chi connectivity index (χ1n) is 7.93. The molecule has 0 atom stereocenters. The van der Waals surface area contributed by atoms with Crippen LogP contribution >= 0.6 is 0 Å². The summed E-state index contributed by atoms with van der Waals surface area (Å²) in [4.78, 5) is 12.2. The maximum absolute atomic E-state index is 12.4. The normalized spacial score (nSPS) is 12.0. The molecule has 0 saturated heterocycles. The highest BCUT2D eigenvalue weighted by atomic mass is 32.2. The molecule has 1 amide bonds. The third kappa shape index (κ3) is 6.05. The molecule has 0 aliphatic heterocycles. The molecule has 0 spiro atoms. The van der Waals surface area contributed by atoms with E-state index in [0.29, 0.717) is 11.3 Å². The number of nitrogens with one attached hydrogen (secondary N) is 2. The summed E-state index contributed by atoms with van der Waals surface area (Å²) in [6.45, 7) is -0.310. The zero-order chi connectivity index (χ0) is 20.1. The van der Waals surface area contributed by atoms with Crippen LogP contribution in [0.2, 0.25) is 0 Å². The number of carbonyl (C=O) groups excluding carboxylic acids is 1. The van der Waals surface area contributed by atoms with Gasteiger partial charge in [0, 0.05) is 13.6 Å². The maximum atomic E-state index is 12.4. The first-order chi connectivity index (χ1) is 12.6. The van der Waals surface area contributed by atoms with Crippen LogP contribution in [0.3, 0.4) is 0 Å². The van der Waals surface area contributed by atoms with Crippen molar-refractivity contribution < 1.29 is 21.6 Å². The van der Waals surface area contributed by atoms with E-state index in [-0.39, 0.29) is 18.0 Å². The summed E-state index contributed by atoms with van der Waals surface area (Å²) in [5.74, 6) is -0.508. The molecule has 0 aliphatic rings. The molecule has 10 heteroatoms. The highest BCUT2D eigenvalue weighted by Gasteiger charge is 2.22. The molecule has 0 bridgehead atoms. The van der Waals surface area contributed by atoms with Crippen LogP contribution < -0.4 is 10.0 Å². The summed E-state index contributed by atoms with van der Waals surface area (Å²) in [7, 11) is -5.91. The SMILES string of the molecule is CN(CC(=O)NCc1ccccc1NS(C)(=O)=O)S(=O)(=O)c1ccccc1. The lowest BCUT2D eigenvalue weighted by atomic mass is 10.2. The Kier molecular flexibility index (Phi) is 6.58. The van der Waals surface area contributed by atoms with E-state index >= 15 is 0 Å². The largest absolute Gasteiger partial charge is 0.351 e. The van der Waals surface area contributed by atoms with Crippen molar-refractivity contribution in [3.8, 4) is 0 Å². The number of rotatable bonds is 8. The fourth-order valence-electron chi connectivity index (χ4n) is 2.28. The van der Waals surface area contributed by atoms with E-state index in [9.17, 15) is 21.6 Å². The second kappa shape index (κ2) is 8.51. The van der Waals surface area contributed by atoms with Crippen molar-refractivity contribution in [2.75, 3.05) is 24.6 Å². The number of sulfonamides is 2. The molecular weight excluding hydrogens is 390 g/mol. The van der Waals surface area contributed by atoms with Gasteiger partial charge in [-0.2, -0.15) is 4.31 Å². The lowest BCUT2D eigenvalue weighted by Gasteiger charge is -2.17. The van der Waals surface area contributed by atoms with Crippen molar-refractivity contribution in [3.63, 3.8) is 0 Å². The van der Waals surface area contributed by atoms with E-state index in [4.69, 9.17) is 0 Å². The molecule has 0 unspecified atom stereocenters. The van der Waals surface area contributed by atoms with Gasteiger partial charge >= 0.3 is 0 Å². The first-order valence-corrected chi connectivity index (χ1v) is 11.3. The summed E-state index contributed by atoms with van der Waals surface area (Å²) in [5.41, 5.74) is 0.912. The van der Waals surface area contributed by atoms with Crippen molar-refractivity contribution in [1.29, 1.82) is 0 Å². The number of anilines is 1. The monoisotopic (exact) mass is 411 g/mol. The molecule has 2 N–H and O–H groups in total. The predicted octanol–water partition coefficient (Wildman–Crippen LogP) is 0.995. The second-order valence-electron chi connectivity index (χ2n) is 5.88. The van der Waals surface area contributed by atoms with Gasteiger partial charge in [0.1, 0.15) is 0 Å². The summed E-state index contributed by atoms with van der Waals surface area (Å²) in [6.07, 6.45) is 1.03. The van der Waals surface area contributed by atoms with Gasteiger partial charge in [-0.05, 0) is 23.8 Å². The van der Waals surface area contributed by atoms with Gasteiger partial charge in [-0.1, -0.05) is 36.4 Å². The molecule has 0 aromatic heterocycles. The quantitative estimate of drug-likeness (QED) is 0.673. The molecule has 8 nitrogen and oxygen atoms in total. The van der Waals surface area contributed by atoms with Crippen molar-refractivity contribution >= 4 is 31.6 Å². The van der Waals surface area contributed by atoms with Crippen LogP contribution in [0.15, 0.2) is 59.5 Å². The average molecular weight is 412 g/mol. The fourth-order valence-corrected chi connectivity index (χ4v) is 4.03. The van der Waals surface area contributed by atoms with Crippen LogP contribution in [0.5, 0.6) is 0 Å². The minimum absolute atomic E-state index is 0.0523. The van der Waals surface area contributed by atoms with Gasteiger partial charge in [-0.3, -0.25) is 9.52 Å². The van der Waals surface area contributed by atoms with Crippen LogP contribution in [0.25, 0.3) is 0 Å². The van der Waals surface area contributed by atoms with Gasteiger partial charge in [0.15, 0.2) is 0 Å². The highest BCUT2D eigenvalue weighted by Crippen LogP contribution is 2.16. The maximum Gasteiger partial charge on any atom is 0.243 e. The second-order valence-corrected chi connectivity index (χ2v) is 9.68. The topological polar surface area (TPSA) is 113 Å². The van der Waals surface area contributed by atoms with Gasteiger partial charge in [0.2, 0.25) is 26.0 Å². The van der Waals surface area contributed by atoms with E-state index in [2.05, 4.69) is 10.0 Å². The molecule has 0 radical (unpaired) electrons. The molecule has 0 heterocycles.